The number of nitrogens with two attached hydrogens (primary N) is 1. The zero-order valence-corrected chi connectivity index (χ0v) is 11.1. The van der Waals surface area contributed by atoms with E-state index in [2.05, 4.69) is 17.2 Å². The average molecular weight is 245 g/mol. The Bertz CT molecular complexity index is 386. The van der Waals surface area contributed by atoms with Crippen LogP contribution in [0.2, 0.25) is 0 Å². The van der Waals surface area contributed by atoms with E-state index < -0.39 is 0 Å². The molecule has 3 nitrogen and oxygen atoms in total. The maximum atomic E-state index is 5.90. The highest BCUT2D eigenvalue weighted by atomic mass is 15.1. The summed E-state index contributed by atoms with van der Waals surface area (Å²) in [6, 6.07) is 9.94. The topological polar surface area (TPSA) is 50.4 Å². The normalized spacial score (nSPS) is 24.8. The fourth-order valence-corrected chi connectivity index (χ4v) is 2.66. The highest BCUT2D eigenvalue weighted by Gasteiger charge is 2.18. The molecule has 0 radical (unpaired) electrons. The first-order chi connectivity index (χ1) is 8.74. The van der Waals surface area contributed by atoms with Crippen molar-refractivity contribution in [3.8, 4) is 0 Å². The molecule has 0 heterocycles. The molecule has 2 rings (SSSR count). The van der Waals surface area contributed by atoms with Gasteiger partial charge in [-0.15, -0.1) is 0 Å². The number of hydrogen-bond acceptors (Lipinski definition) is 1. The number of hydrogen-bond donors (Lipinski definition) is 2. The van der Waals surface area contributed by atoms with Gasteiger partial charge in [-0.25, -0.2) is 0 Å². The van der Waals surface area contributed by atoms with Gasteiger partial charge in [-0.3, -0.25) is 4.99 Å². The first-order valence-corrected chi connectivity index (χ1v) is 6.86. The molecule has 98 valence electrons. The molecule has 1 aromatic rings. The minimum atomic E-state index is 0.527. The van der Waals surface area contributed by atoms with Crippen LogP contribution in [-0.2, 0) is 0 Å². The summed E-state index contributed by atoms with van der Waals surface area (Å²) in [5, 5.41) is 3.12. The van der Waals surface area contributed by atoms with E-state index in [-0.39, 0.29) is 0 Å². The van der Waals surface area contributed by atoms with Crippen molar-refractivity contribution in [2.24, 2.45) is 22.6 Å². The van der Waals surface area contributed by atoms with Crippen LogP contribution in [-0.4, -0.2) is 12.5 Å². The summed E-state index contributed by atoms with van der Waals surface area (Å²) in [5.41, 5.74) is 6.89. The zero-order chi connectivity index (χ0) is 12.8. The third kappa shape index (κ3) is 4.06. The summed E-state index contributed by atoms with van der Waals surface area (Å²) in [5.74, 6) is 2.09. The number of benzene rings is 1. The minimum absolute atomic E-state index is 0.527. The van der Waals surface area contributed by atoms with Crippen molar-refractivity contribution < 1.29 is 0 Å². The van der Waals surface area contributed by atoms with Crippen LogP contribution in [0.5, 0.6) is 0 Å². The molecule has 3 N–H and O–H groups in total. The van der Waals surface area contributed by atoms with Crippen molar-refractivity contribution in [1.82, 2.24) is 0 Å². The van der Waals surface area contributed by atoms with E-state index >= 15 is 0 Å². The Labute approximate surface area is 109 Å². The summed E-state index contributed by atoms with van der Waals surface area (Å²) < 4.78 is 0. The molecule has 0 saturated heterocycles. The highest BCUT2D eigenvalue weighted by Crippen LogP contribution is 2.28. The van der Waals surface area contributed by atoms with Crippen LogP contribution in [0.3, 0.4) is 0 Å². The van der Waals surface area contributed by atoms with Gasteiger partial charge in [0, 0.05) is 12.2 Å². The van der Waals surface area contributed by atoms with Crippen LogP contribution in [0, 0.1) is 11.8 Å². The van der Waals surface area contributed by atoms with Gasteiger partial charge in [0.15, 0.2) is 5.96 Å². The smallest absolute Gasteiger partial charge is 0.193 e. The standard InChI is InChI=1S/C15H23N3/c1-12-6-5-7-13(10-12)11-17-15(16)18-14-8-3-2-4-9-14/h2-4,8-9,12-13H,5-7,10-11H2,1H3,(H3,16,17,18). The van der Waals surface area contributed by atoms with Gasteiger partial charge in [0.1, 0.15) is 0 Å². The summed E-state index contributed by atoms with van der Waals surface area (Å²) in [7, 11) is 0. The van der Waals surface area contributed by atoms with Crippen LogP contribution >= 0.6 is 0 Å². The first kappa shape index (κ1) is 12.9. The van der Waals surface area contributed by atoms with Crippen molar-refractivity contribution >= 4 is 11.6 Å². The Morgan fingerprint density at radius 3 is 2.83 bits per heavy atom. The number of guanidine groups is 1. The molecule has 0 bridgehead atoms. The molecule has 1 saturated carbocycles. The Kier molecular flexibility index (Phi) is 4.62. The SMILES string of the molecule is CC1CCCC(CN=C(N)Nc2ccccc2)C1. The number of aliphatic imine (C=N–C) groups is 1. The Morgan fingerprint density at radius 2 is 2.11 bits per heavy atom. The summed E-state index contributed by atoms with van der Waals surface area (Å²) in [6.07, 6.45) is 5.31. The van der Waals surface area contributed by atoms with Crippen molar-refractivity contribution in [3.63, 3.8) is 0 Å². The van der Waals surface area contributed by atoms with Crippen LogP contribution in [0.15, 0.2) is 35.3 Å². The van der Waals surface area contributed by atoms with Gasteiger partial charge in [0.25, 0.3) is 0 Å². The fourth-order valence-electron chi connectivity index (χ4n) is 2.66. The molecule has 0 amide bonds. The number of anilines is 1. The average Bonchev–Trinajstić information content (AvgIpc) is 2.38. The minimum Gasteiger partial charge on any atom is -0.370 e. The first-order valence-electron chi connectivity index (χ1n) is 6.86. The number of rotatable bonds is 3. The van der Waals surface area contributed by atoms with Crippen molar-refractivity contribution in [1.29, 1.82) is 0 Å². The lowest BCUT2D eigenvalue weighted by molar-refractivity contribution is 0.289. The number of nitrogens with zero attached hydrogens (tertiary/aromatic N) is 1. The molecule has 0 aromatic heterocycles. The highest BCUT2D eigenvalue weighted by molar-refractivity contribution is 5.92. The van der Waals surface area contributed by atoms with E-state index in [1.54, 1.807) is 0 Å². The third-order valence-electron chi connectivity index (χ3n) is 3.61. The molecule has 2 atom stereocenters. The van der Waals surface area contributed by atoms with Gasteiger partial charge >= 0.3 is 0 Å². The van der Waals surface area contributed by atoms with Crippen LogP contribution < -0.4 is 11.1 Å². The molecule has 0 aliphatic heterocycles. The van der Waals surface area contributed by atoms with Gasteiger partial charge in [0.05, 0.1) is 0 Å². The van der Waals surface area contributed by atoms with Crippen molar-refractivity contribution in [3.05, 3.63) is 30.3 Å². The monoisotopic (exact) mass is 245 g/mol. The van der Waals surface area contributed by atoms with Crippen LogP contribution in [0.4, 0.5) is 5.69 Å². The van der Waals surface area contributed by atoms with E-state index in [4.69, 9.17) is 5.73 Å². The molecule has 1 aliphatic carbocycles. The van der Waals surface area contributed by atoms with Gasteiger partial charge in [0.2, 0.25) is 0 Å². The van der Waals surface area contributed by atoms with E-state index in [0.717, 1.165) is 18.2 Å². The van der Waals surface area contributed by atoms with Gasteiger partial charge in [-0.1, -0.05) is 38.0 Å². The van der Waals surface area contributed by atoms with E-state index in [1.165, 1.54) is 25.7 Å². The van der Waals surface area contributed by atoms with Crippen molar-refractivity contribution in [2.45, 2.75) is 32.6 Å². The number of para-hydroxylation sites is 1. The van der Waals surface area contributed by atoms with E-state index in [1.807, 2.05) is 30.3 Å². The summed E-state index contributed by atoms with van der Waals surface area (Å²) in [6.45, 7) is 3.19. The molecule has 1 fully saturated rings. The predicted molar refractivity (Wildman–Crippen MR) is 77.7 cm³/mol. The second kappa shape index (κ2) is 6.43. The van der Waals surface area contributed by atoms with Gasteiger partial charge in [-0.05, 0) is 36.8 Å². The maximum Gasteiger partial charge on any atom is 0.193 e. The Hall–Kier alpha value is -1.51. The molecule has 0 spiro atoms. The quantitative estimate of drug-likeness (QED) is 0.634. The molecule has 1 aliphatic rings. The maximum absolute atomic E-state index is 5.90. The summed E-state index contributed by atoms with van der Waals surface area (Å²) >= 11 is 0. The largest absolute Gasteiger partial charge is 0.370 e. The van der Waals surface area contributed by atoms with E-state index in [0.29, 0.717) is 11.9 Å². The second-order valence-electron chi connectivity index (χ2n) is 5.35. The van der Waals surface area contributed by atoms with Gasteiger partial charge < -0.3 is 11.1 Å². The molecular weight excluding hydrogens is 222 g/mol. The molecular formula is C15H23N3. The molecule has 3 heteroatoms. The van der Waals surface area contributed by atoms with Crippen LogP contribution in [0.1, 0.15) is 32.6 Å². The molecule has 1 aromatic carbocycles. The fraction of sp³-hybridized carbons (Fsp3) is 0.533. The molecule has 2 unspecified atom stereocenters. The predicted octanol–water partition coefficient (Wildman–Crippen LogP) is 3.24. The van der Waals surface area contributed by atoms with Crippen molar-refractivity contribution in [2.75, 3.05) is 11.9 Å². The number of nitrogens with one attached hydrogen (secondary N) is 1. The zero-order valence-electron chi connectivity index (χ0n) is 11.1. The molecule has 18 heavy (non-hydrogen) atoms. The lowest BCUT2D eigenvalue weighted by atomic mass is 9.82. The lowest BCUT2D eigenvalue weighted by Gasteiger charge is -2.25. The Balaban J connectivity index is 1.81. The third-order valence-corrected chi connectivity index (χ3v) is 3.61. The Morgan fingerprint density at radius 1 is 1.33 bits per heavy atom. The lowest BCUT2D eigenvalue weighted by Crippen LogP contribution is -2.24. The van der Waals surface area contributed by atoms with Gasteiger partial charge in [-0.2, -0.15) is 0 Å². The van der Waals surface area contributed by atoms with Crippen LogP contribution in [0.25, 0.3) is 0 Å². The summed E-state index contributed by atoms with van der Waals surface area (Å²) in [4.78, 5) is 4.46. The van der Waals surface area contributed by atoms with E-state index in [9.17, 15) is 0 Å². The second-order valence-corrected chi connectivity index (χ2v) is 5.35.